The van der Waals surface area contributed by atoms with Crippen molar-refractivity contribution in [3.8, 4) is 0 Å². The van der Waals surface area contributed by atoms with Crippen molar-refractivity contribution in [1.82, 2.24) is 0 Å². The number of anilines is 1. The first-order valence-corrected chi connectivity index (χ1v) is 6.11. The minimum atomic E-state index is -0.547. The van der Waals surface area contributed by atoms with Gasteiger partial charge in [0.1, 0.15) is 0 Å². The standard InChI is InChI=1S/C14H22N2O2/c1-14(2,3)12(15)13(18)16-11-6-4-10(5-7-11)8-9-17/h4-7,12,17H,8-9,15H2,1-3H3,(H,16,18)/t12-/m1/s1. The topological polar surface area (TPSA) is 75.4 Å². The monoisotopic (exact) mass is 250 g/mol. The van der Waals surface area contributed by atoms with Gasteiger partial charge >= 0.3 is 0 Å². The fourth-order valence-electron chi connectivity index (χ4n) is 1.50. The molecule has 100 valence electrons. The van der Waals surface area contributed by atoms with E-state index in [-0.39, 0.29) is 17.9 Å². The molecule has 1 aromatic carbocycles. The first-order valence-electron chi connectivity index (χ1n) is 6.11. The third-order valence-corrected chi connectivity index (χ3v) is 2.84. The Balaban J connectivity index is 2.65. The van der Waals surface area contributed by atoms with Gasteiger partial charge < -0.3 is 16.2 Å². The second kappa shape index (κ2) is 5.98. The molecule has 0 saturated heterocycles. The molecule has 0 aliphatic heterocycles. The van der Waals surface area contributed by atoms with Crippen LogP contribution in [0.2, 0.25) is 0 Å². The molecule has 18 heavy (non-hydrogen) atoms. The lowest BCUT2D eigenvalue weighted by atomic mass is 9.87. The van der Waals surface area contributed by atoms with Gasteiger partial charge in [-0.2, -0.15) is 0 Å². The van der Waals surface area contributed by atoms with Gasteiger partial charge in [-0.15, -0.1) is 0 Å². The van der Waals surface area contributed by atoms with E-state index in [2.05, 4.69) is 5.32 Å². The molecular formula is C14H22N2O2. The molecule has 0 aliphatic carbocycles. The van der Waals surface area contributed by atoms with Crippen molar-refractivity contribution in [2.45, 2.75) is 33.2 Å². The quantitative estimate of drug-likeness (QED) is 0.758. The minimum Gasteiger partial charge on any atom is -0.396 e. The van der Waals surface area contributed by atoms with Crippen LogP contribution in [0.5, 0.6) is 0 Å². The van der Waals surface area contributed by atoms with E-state index < -0.39 is 6.04 Å². The maximum atomic E-state index is 11.9. The van der Waals surface area contributed by atoms with Crippen molar-refractivity contribution >= 4 is 11.6 Å². The van der Waals surface area contributed by atoms with Gasteiger partial charge in [-0.05, 0) is 29.5 Å². The van der Waals surface area contributed by atoms with Crippen molar-refractivity contribution in [2.24, 2.45) is 11.1 Å². The van der Waals surface area contributed by atoms with Gasteiger partial charge in [-0.3, -0.25) is 4.79 Å². The van der Waals surface area contributed by atoms with Crippen LogP contribution in [-0.2, 0) is 11.2 Å². The molecule has 4 nitrogen and oxygen atoms in total. The number of nitrogens with two attached hydrogens (primary N) is 1. The second-order valence-corrected chi connectivity index (χ2v) is 5.50. The van der Waals surface area contributed by atoms with E-state index in [4.69, 9.17) is 10.8 Å². The van der Waals surface area contributed by atoms with Crippen molar-refractivity contribution in [1.29, 1.82) is 0 Å². The molecule has 1 aromatic rings. The Labute approximate surface area is 108 Å². The molecule has 0 spiro atoms. The van der Waals surface area contributed by atoms with Crippen LogP contribution in [0.3, 0.4) is 0 Å². The molecule has 0 radical (unpaired) electrons. The highest BCUT2D eigenvalue weighted by atomic mass is 16.2. The summed E-state index contributed by atoms with van der Waals surface area (Å²) in [5.74, 6) is -0.183. The summed E-state index contributed by atoms with van der Waals surface area (Å²) in [7, 11) is 0. The van der Waals surface area contributed by atoms with E-state index in [1.807, 2.05) is 45.0 Å². The molecule has 1 amide bonds. The summed E-state index contributed by atoms with van der Waals surface area (Å²) in [6, 6.07) is 6.86. The smallest absolute Gasteiger partial charge is 0.241 e. The lowest BCUT2D eigenvalue weighted by molar-refractivity contribution is -0.119. The van der Waals surface area contributed by atoms with Gasteiger partial charge in [0.25, 0.3) is 0 Å². The number of carbonyl (C=O) groups is 1. The summed E-state index contributed by atoms with van der Waals surface area (Å²) >= 11 is 0. The summed E-state index contributed by atoms with van der Waals surface area (Å²) in [6.07, 6.45) is 0.621. The Kier molecular flexibility index (Phi) is 4.87. The summed E-state index contributed by atoms with van der Waals surface area (Å²) in [5, 5.41) is 11.6. The average molecular weight is 250 g/mol. The highest BCUT2D eigenvalue weighted by Gasteiger charge is 2.27. The Morgan fingerprint density at radius 2 is 1.89 bits per heavy atom. The Morgan fingerprint density at radius 1 is 1.33 bits per heavy atom. The normalized spacial score (nSPS) is 13.2. The maximum absolute atomic E-state index is 11.9. The third-order valence-electron chi connectivity index (χ3n) is 2.84. The summed E-state index contributed by atoms with van der Waals surface area (Å²) < 4.78 is 0. The maximum Gasteiger partial charge on any atom is 0.241 e. The van der Waals surface area contributed by atoms with Gasteiger partial charge in [0.2, 0.25) is 5.91 Å². The zero-order valence-electron chi connectivity index (χ0n) is 11.2. The summed E-state index contributed by atoms with van der Waals surface area (Å²) in [4.78, 5) is 11.9. The molecule has 0 unspecified atom stereocenters. The third kappa shape index (κ3) is 4.13. The number of amides is 1. The predicted molar refractivity (Wildman–Crippen MR) is 73.3 cm³/mol. The Bertz CT molecular complexity index is 393. The molecule has 0 heterocycles. The number of nitrogens with one attached hydrogen (secondary N) is 1. The predicted octanol–water partition coefficient (Wildman–Crippen LogP) is 1.53. The van der Waals surface area contributed by atoms with E-state index in [0.29, 0.717) is 6.42 Å². The number of aliphatic hydroxyl groups excluding tert-OH is 1. The fraction of sp³-hybridized carbons (Fsp3) is 0.500. The zero-order chi connectivity index (χ0) is 13.8. The van der Waals surface area contributed by atoms with Crippen molar-refractivity contribution in [2.75, 3.05) is 11.9 Å². The van der Waals surface area contributed by atoms with E-state index in [1.165, 1.54) is 0 Å². The Hall–Kier alpha value is -1.39. The van der Waals surface area contributed by atoms with Gasteiger partial charge in [0, 0.05) is 12.3 Å². The van der Waals surface area contributed by atoms with Crippen molar-refractivity contribution in [3.63, 3.8) is 0 Å². The molecule has 0 aliphatic rings. The molecule has 1 rings (SSSR count). The highest BCUT2D eigenvalue weighted by molar-refractivity contribution is 5.95. The van der Waals surface area contributed by atoms with Gasteiger partial charge in [0.15, 0.2) is 0 Å². The van der Waals surface area contributed by atoms with Gasteiger partial charge in [-0.25, -0.2) is 0 Å². The van der Waals surface area contributed by atoms with Crippen LogP contribution in [0, 0.1) is 5.41 Å². The van der Waals surface area contributed by atoms with Crippen molar-refractivity contribution < 1.29 is 9.90 Å². The first-order chi connectivity index (χ1) is 8.34. The van der Waals surface area contributed by atoms with Crippen molar-refractivity contribution in [3.05, 3.63) is 29.8 Å². The van der Waals surface area contributed by atoms with Crippen LogP contribution in [-0.4, -0.2) is 23.7 Å². The van der Waals surface area contributed by atoms with Gasteiger partial charge in [0.05, 0.1) is 6.04 Å². The molecule has 0 bridgehead atoms. The summed E-state index contributed by atoms with van der Waals surface area (Å²) in [6.45, 7) is 5.92. The molecule has 0 aromatic heterocycles. The van der Waals surface area contributed by atoms with Crippen LogP contribution in [0.15, 0.2) is 24.3 Å². The minimum absolute atomic E-state index is 0.126. The van der Waals surface area contributed by atoms with Crippen LogP contribution in [0.1, 0.15) is 26.3 Å². The second-order valence-electron chi connectivity index (χ2n) is 5.50. The number of aliphatic hydroxyl groups is 1. The SMILES string of the molecule is CC(C)(C)[C@H](N)C(=O)Nc1ccc(CCO)cc1. The van der Waals surface area contributed by atoms with Crippen LogP contribution in [0.4, 0.5) is 5.69 Å². The number of rotatable bonds is 4. The number of carbonyl (C=O) groups excluding carboxylic acids is 1. The lowest BCUT2D eigenvalue weighted by Crippen LogP contribution is -2.45. The molecule has 1 atom stereocenters. The summed E-state index contributed by atoms with van der Waals surface area (Å²) in [5.41, 5.74) is 7.37. The molecule has 4 heteroatoms. The first kappa shape index (κ1) is 14.7. The van der Waals surface area contributed by atoms with Crippen LogP contribution in [0.25, 0.3) is 0 Å². The van der Waals surface area contributed by atoms with E-state index >= 15 is 0 Å². The number of hydrogen-bond acceptors (Lipinski definition) is 3. The van der Waals surface area contributed by atoms with Gasteiger partial charge in [-0.1, -0.05) is 32.9 Å². The molecule has 0 fully saturated rings. The van der Waals surface area contributed by atoms with E-state index in [0.717, 1.165) is 11.3 Å². The molecule has 4 N–H and O–H groups in total. The van der Waals surface area contributed by atoms with E-state index in [1.54, 1.807) is 0 Å². The van der Waals surface area contributed by atoms with Crippen LogP contribution >= 0.6 is 0 Å². The largest absolute Gasteiger partial charge is 0.396 e. The number of hydrogen-bond donors (Lipinski definition) is 3. The Morgan fingerprint density at radius 3 is 2.33 bits per heavy atom. The fourth-order valence-corrected chi connectivity index (χ4v) is 1.50. The average Bonchev–Trinajstić information content (AvgIpc) is 2.30. The van der Waals surface area contributed by atoms with Crippen LogP contribution < -0.4 is 11.1 Å². The molecular weight excluding hydrogens is 228 g/mol. The number of benzene rings is 1. The molecule has 0 saturated carbocycles. The lowest BCUT2D eigenvalue weighted by Gasteiger charge is -2.25. The highest BCUT2D eigenvalue weighted by Crippen LogP contribution is 2.19. The zero-order valence-corrected chi connectivity index (χ0v) is 11.2. The van der Waals surface area contributed by atoms with E-state index in [9.17, 15) is 4.79 Å².